The fourth-order valence-corrected chi connectivity index (χ4v) is 2.21. The molecule has 11 nitrogen and oxygen atoms in total. The maximum atomic E-state index is 11.4. The number of carbonyl (C=O) groups excluding carboxylic acids is 1. The highest BCUT2D eigenvalue weighted by molar-refractivity contribution is 5.80. The Kier molecular flexibility index (Phi) is 6.19. The molecule has 7 N–H and O–H groups in total. The molecule has 1 fully saturated rings. The van der Waals surface area contributed by atoms with Crippen LogP contribution in [0, 0.1) is 0 Å². The first-order valence-electron chi connectivity index (χ1n) is 6.34. The first-order chi connectivity index (χ1) is 10.2. The largest absolute Gasteiger partial charge is 0.476 e. The molecule has 1 heterocycles. The lowest BCUT2D eigenvalue weighted by Crippen LogP contribution is -2.67. The first-order valence-corrected chi connectivity index (χ1v) is 6.34. The number of ether oxygens (including phenoxy) is 2. The molecule has 0 aromatic carbocycles. The smallest absolute Gasteiger partial charge is 0.377 e. The maximum absolute atomic E-state index is 11.4. The minimum Gasteiger partial charge on any atom is -0.476 e. The van der Waals surface area contributed by atoms with Gasteiger partial charge in [0.05, 0.1) is 25.2 Å². The molecule has 11 heteroatoms. The molecule has 1 saturated heterocycles. The van der Waals surface area contributed by atoms with Crippen LogP contribution < -0.4 is 5.48 Å². The highest BCUT2D eigenvalue weighted by Gasteiger charge is 2.56. The van der Waals surface area contributed by atoms with Crippen LogP contribution in [0.1, 0.15) is 13.3 Å². The summed E-state index contributed by atoms with van der Waals surface area (Å²) in [6.45, 7) is 0.0354. The number of hydrogen-bond acceptors (Lipinski definition) is 10. The van der Waals surface area contributed by atoms with Crippen LogP contribution in [0.5, 0.6) is 0 Å². The Balaban J connectivity index is 3.16. The van der Waals surface area contributed by atoms with Crippen LogP contribution in [-0.2, 0) is 19.1 Å². The van der Waals surface area contributed by atoms with Gasteiger partial charge in [-0.15, -0.1) is 0 Å². The van der Waals surface area contributed by atoms with Crippen molar-refractivity contribution < 1.29 is 49.8 Å². The number of rotatable bonds is 6. The van der Waals surface area contributed by atoms with Gasteiger partial charge in [0.25, 0.3) is 0 Å². The molecule has 3 unspecified atom stereocenters. The van der Waals surface area contributed by atoms with E-state index in [2.05, 4.69) is 4.74 Å². The van der Waals surface area contributed by atoms with Gasteiger partial charge >= 0.3 is 17.7 Å². The zero-order valence-corrected chi connectivity index (χ0v) is 11.6. The van der Waals surface area contributed by atoms with E-state index in [1.165, 1.54) is 0 Å². The van der Waals surface area contributed by atoms with Crippen molar-refractivity contribution in [2.24, 2.45) is 0 Å². The average molecular weight is 325 g/mol. The number of nitrogens with one attached hydrogen (secondary N) is 1. The molecule has 0 amide bonds. The fraction of sp³-hybridized carbons (Fsp3) is 0.818. The van der Waals surface area contributed by atoms with Crippen molar-refractivity contribution in [3.63, 3.8) is 0 Å². The van der Waals surface area contributed by atoms with E-state index >= 15 is 0 Å². The van der Waals surface area contributed by atoms with Crippen molar-refractivity contribution in [2.75, 3.05) is 6.61 Å². The van der Waals surface area contributed by atoms with Gasteiger partial charge in [-0.3, -0.25) is 4.79 Å². The Bertz CT molecular complexity index is 418. The summed E-state index contributed by atoms with van der Waals surface area (Å²) >= 11 is 0. The minimum atomic E-state index is -2.60. The molecule has 0 aliphatic carbocycles. The van der Waals surface area contributed by atoms with Gasteiger partial charge in [0.2, 0.25) is 0 Å². The number of carbonyl (C=O) groups is 2. The Morgan fingerprint density at radius 3 is 2.45 bits per heavy atom. The first kappa shape index (κ1) is 18.7. The quantitative estimate of drug-likeness (QED) is 0.190. The van der Waals surface area contributed by atoms with Crippen molar-refractivity contribution in [1.82, 2.24) is 5.48 Å². The topological polar surface area (TPSA) is 186 Å². The van der Waals surface area contributed by atoms with E-state index in [0.29, 0.717) is 0 Å². The van der Waals surface area contributed by atoms with Crippen molar-refractivity contribution in [1.29, 1.82) is 0 Å². The lowest BCUT2D eigenvalue weighted by atomic mass is 9.89. The molecule has 1 aliphatic rings. The summed E-state index contributed by atoms with van der Waals surface area (Å²) in [4.78, 5) is 22.5. The molecular formula is C11H19NO10. The Morgan fingerprint density at radius 1 is 1.45 bits per heavy atom. The van der Waals surface area contributed by atoms with Gasteiger partial charge in [0.1, 0.15) is 18.3 Å². The molecule has 0 aromatic heterocycles. The van der Waals surface area contributed by atoms with E-state index in [1.807, 2.05) is 0 Å². The molecule has 1 rings (SSSR count). The number of hydrogen-bond donors (Lipinski definition) is 7. The van der Waals surface area contributed by atoms with Crippen molar-refractivity contribution in [3.8, 4) is 0 Å². The Labute approximate surface area is 124 Å². The second-order valence-corrected chi connectivity index (χ2v) is 4.90. The Hall–Kier alpha value is -1.34. The van der Waals surface area contributed by atoms with Gasteiger partial charge in [-0.25, -0.2) is 4.79 Å². The standard InChI is InChI=1S/C11H19NO10/c1-4(14)21-11(10(18)19)2-5(15)7(12-20)9(22-11)8(17)6(16)3-13/h5-9,12-13,15-17,20H,2-3H2,1H3,(H,18,19)/t5-,6?,7+,8?,9+,11?/m0/s1. The highest BCUT2D eigenvalue weighted by Crippen LogP contribution is 2.33. The van der Waals surface area contributed by atoms with Gasteiger partial charge in [0, 0.05) is 6.92 Å². The van der Waals surface area contributed by atoms with Crippen LogP contribution in [-0.4, -0.2) is 85.5 Å². The van der Waals surface area contributed by atoms with Crippen LogP contribution in [0.25, 0.3) is 0 Å². The summed E-state index contributed by atoms with van der Waals surface area (Å²) in [7, 11) is 0. The van der Waals surface area contributed by atoms with Crippen LogP contribution in [0.3, 0.4) is 0 Å². The number of esters is 1. The van der Waals surface area contributed by atoms with E-state index in [9.17, 15) is 30.0 Å². The summed E-state index contributed by atoms with van der Waals surface area (Å²) in [5, 5.41) is 56.3. The number of aliphatic hydroxyl groups is 4. The normalized spacial score (nSPS) is 34.7. The van der Waals surface area contributed by atoms with Crippen molar-refractivity contribution in [2.45, 2.75) is 49.6 Å². The molecule has 0 radical (unpaired) electrons. The van der Waals surface area contributed by atoms with Crippen LogP contribution >= 0.6 is 0 Å². The SMILES string of the molecule is CC(=O)OC1(C(=O)O)C[C@H](O)[C@@H](NO)[C@H](C(O)C(O)CO)O1. The second kappa shape index (κ2) is 7.28. The third-order valence-electron chi connectivity index (χ3n) is 3.27. The molecule has 0 spiro atoms. The predicted octanol–water partition coefficient (Wildman–Crippen LogP) is -3.46. The highest BCUT2D eigenvalue weighted by atomic mass is 16.7. The minimum absolute atomic E-state index is 0.724. The van der Waals surface area contributed by atoms with E-state index < -0.39 is 61.2 Å². The molecule has 22 heavy (non-hydrogen) atoms. The molecule has 128 valence electrons. The van der Waals surface area contributed by atoms with Gasteiger partial charge < -0.3 is 40.2 Å². The molecule has 0 aromatic rings. The van der Waals surface area contributed by atoms with Crippen molar-refractivity contribution >= 4 is 11.9 Å². The van der Waals surface area contributed by atoms with E-state index in [0.717, 1.165) is 6.92 Å². The van der Waals surface area contributed by atoms with Crippen LogP contribution in [0.2, 0.25) is 0 Å². The summed E-state index contributed by atoms with van der Waals surface area (Å²) in [6.07, 6.45) is -7.63. The van der Waals surface area contributed by atoms with E-state index in [-0.39, 0.29) is 0 Å². The molecular weight excluding hydrogens is 306 g/mol. The zero-order chi connectivity index (χ0) is 17.1. The number of aliphatic carboxylic acids is 1. The Morgan fingerprint density at radius 2 is 2.05 bits per heavy atom. The summed E-state index contributed by atoms with van der Waals surface area (Å²) in [5.41, 5.74) is 1.63. The second-order valence-electron chi connectivity index (χ2n) is 4.90. The van der Waals surface area contributed by atoms with Crippen LogP contribution in [0.4, 0.5) is 0 Å². The summed E-state index contributed by atoms with van der Waals surface area (Å²) in [6, 6.07) is -1.39. The third kappa shape index (κ3) is 3.70. The van der Waals surface area contributed by atoms with Crippen LogP contribution in [0.15, 0.2) is 0 Å². The van der Waals surface area contributed by atoms with Gasteiger partial charge in [-0.1, -0.05) is 0 Å². The van der Waals surface area contributed by atoms with E-state index in [4.69, 9.17) is 15.1 Å². The number of carboxylic acid groups (broad SMARTS) is 1. The molecule has 6 atom stereocenters. The number of hydroxylamine groups is 1. The van der Waals surface area contributed by atoms with Gasteiger partial charge in [-0.05, 0) is 0 Å². The summed E-state index contributed by atoms with van der Waals surface area (Å²) < 4.78 is 9.67. The summed E-state index contributed by atoms with van der Waals surface area (Å²) in [5.74, 6) is -5.35. The zero-order valence-electron chi connectivity index (χ0n) is 11.6. The monoisotopic (exact) mass is 325 g/mol. The van der Waals surface area contributed by atoms with Gasteiger partial charge in [0.15, 0.2) is 0 Å². The van der Waals surface area contributed by atoms with Gasteiger partial charge in [-0.2, -0.15) is 5.48 Å². The maximum Gasteiger partial charge on any atom is 0.377 e. The van der Waals surface area contributed by atoms with E-state index in [1.54, 1.807) is 5.48 Å². The number of aliphatic hydroxyl groups excluding tert-OH is 4. The predicted molar refractivity (Wildman–Crippen MR) is 65.4 cm³/mol. The van der Waals surface area contributed by atoms with Crippen molar-refractivity contribution in [3.05, 3.63) is 0 Å². The third-order valence-corrected chi connectivity index (χ3v) is 3.27. The molecule has 0 saturated carbocycles. The average Bonchev–Trinajstić information content (AvgIpc) is 2.44. The lowest BCUT2D eigenvalue weighted by molar-refractivity contribution is -0.306. The molecule has 1 aliphatic heterocycles. The lowest BCUT2D eigenvalue weighted by Gasteiger charge is -2.45. The fourth-order valence-electron chi connectivity index (χ4n) is 2.21. The number of carboxylic acids is 1. The molecule has 0 bridgehead atoms.